The third-order valence-electron chi connectivity index (χ3n) is 4.57. The molecule has 0 radical (unpaired) electrons. The van der Waals surface area contributed by atoms with Crippen molar-refractivity contribution in [1.29, 1.82) is 0 Å². The SMILES string of the molecule is CC(=O)c1ccccc1NC(=O)C(C)N1CCC(C)(CN)C1.Cl. The first-order valence-electron chi connectivity index (χ1n) is 7.71. The van der Waals surface area contributed by atoms with Gasteiger partial charge in [0.1, 0.15) is 0 Å². The molecule has 23 heavy (non-hydrogen) atoms. The highest BCUT2D eigenvalue weighted by Crippen LogP contribution is 2.30. The zero-order valence-electron chi connectivity index (χ0n) is 14.0. The number of benzene rings is 1. The van der Waals surface area contributed by atoms with Crippen molar-refractivity contribution in [1.82, 2.24) is 4.90 Å². The lowest BCUT2D eigenvalue weighted by molar-refractivity contribution is -0.120. The summed E-state index contributed by atoms with van der Waals surface area (Å²) in [5.74, 6) is -0.143. The van der Waals surface area contributed by atoms with E-state index in [-0.39, 0.29) is 35.6 Å². The third-order valence-corrected chi connectivity index (χ3v) is 4.57. The lowest BCUT2D eigenvalue weighted by atomic mass is 9.90. The van der Waals surface area contributed by atoms with Crippen LogP contribution in [0.4, 0.5) is 5.69 Å². The number of nitrogens with one attached hydrogen (secondary N) is 1. The van der Waals surface area contributed by atoms with Gasteiger partial charge in [-0.1, -0.05) is 19.1 Å². The van der Waals surface area contributed by atoms with E-state index in [0.29, 0.717) is 17.8 Å². The van der Waals surface area contributed by atoms with Crippen molar-refractivity contribution >= 4 is 29.8 Å². The standard InChI is InChI=1S/C17H25N3O2.ClH/c1-12(20-9-8-17(3,10-18)11-20)16(22)19-15-7-5-4-6-14(15)13(2)21;/h4-7,12H,8-11,18H2,1-3H3,(H,19,22);1H. The average Bonchev–Trinajstić information content (AvgIpc) is 2.90. The topological polar surface area (TPSA) is 75.4 Å². The highest BCUT2D eigenvalue weighted by molar-refractivity contribution is 6.04. The van der Waals surface area contributed by atoms with Gasteiger partial charge >= 0.3 is 0 Å². The minimum atomic E-state index is -0.242. The van der Waals surface area contributed by atoms with Crippen LogP contribution in [0.2, 0.25) is 0 Å². The summed E-state index contributed by atoms with van der Waals surface area (Å²) in [5, 5.41) is 2.88. The molecule has 0 aromatic heterocycles. The number of nitrogens with two attached hydrogens (primary N) is 1. The fourth-order valence-electron chi connectivity index (χ4n) is 2.86. The largest absolute Gasteiger partial charge is 0.330 e. The normalized spacial score (nSPS) is 22.3. The first-order chi connectivity index (χ1) is 10.4. The number of nitrogens with zero attached hydrogens (tertiary/aromatic N) is 1. The first kappa shape index (κ1) is 19.6. The molecule has 1 aliphatic heterocycles. The van der Waals surface area contributed by atoms with E-state index in [2.05, 4.69) is 17.1 Å². The molecule has 0 saturated carbocycles. The van der Waals surface area contributed by atoms with E-state index in [4.69, 9.17) is 5.73 Å². The number of rotatable bonds is 5. The van der Waals surface area contributed by atoms with Crippen molar-refractivity contribution in [2.24, 2.45) is 11.1 Å². The zero-order valence-corrected chi connectivity index (χ0v) is 14.8. The van der Waals surface area contributed by atoms with Crippen molar-refractivity contribution in [3.05, 3.63) is 29.8 Å². The molecule has 1 aromatic rings. The molecule has 0 bridgehead atoms. The Kier molecular flexibility index (Phi) is 6.74. The Labute approximate surface area is 144 Å². The summed E-state index contributed by atoms with van der Waals surface area (Å²) in [4.78, 5) is 26.3. The van der Waals surface area contributed by atoms with Crippen LogP contribution >= 0.6 is 12.4 Å². The summed E-state index contributed by atoms with van der Waals surface area (Å²) in [6, 6.07) is 6.85. The van der Waals surface area contributed by atoms with Gasteiger partial charge in [-0.2, -0.15) is 0 Å². The molecule has 0 spiro atoms. The Hall–Kier alpha value is -1.43. The number of para-hydroxylation sites is 1. The van der Waals surface area contributed by atoms with Gasteiger partial charge in [0, 0.05) is 12.1 Å². The van der Waals surface area contributed by atoms with E-state index in [1.165, 1.54) is 6.92 Å². The Morgan fingerprint density at radius 1 is 1.39 bits per heavy atom. The van der Waals surface area contributed by atoms with Gasteiger partial charge in [0.2, 0.25) is 5.91 Å². The summed E-state index contributed by atoms with van der Waals surface area (Å²) < 4.78 is 0. The second-order valence-corrected chi connectivity index (χ2v) is 6.50. The number of Topliss-reactive ketones (excluding diaryl/α,β-unsaturated/α-hetero) is 1. The van der Waals surface area contributed by atoms with E-state index in [9.17, 15) is 9.59 Å². The van der Waals surface area contributed by atoms with Crippen LogP contribution in [-0.2, 0) is 4.79 Å². The van der Waals surface area contributed by atoms with Crippen molar-refractivity contribution in [3.8, 4) is 0 Å². The number of ketones is 1. The Morgan fingerprint density at radius 3 is 2.61 bits per heavy atom. The number of hydrogen-bond donors (Lipinski definition) is 2. The molecular formula is C17H26ClN3O2. The van der Waals surface area contributed by atoms with Crippen LogP contribution in [-0.4, -0.2) is 42.3 Å². The molecular weight excluding hydrogens is 314 g/mol. The van der Waals surface area contributed by atoms with Crippen molar-refractivity contribution < 1.29 is 9.59 Å². The highest BCUT2D eigenvalue weighted by Gasteiger charge is 2.36. The molecule has 6 heteroatoms. The van der Waals surface area contributed by atoms with Crippen LogP contribution in [0.25, 0.3) is 0 Å². The van der Waals surface area contributed by atoms with E-state index >= 15 is 0 Å². The van der Waals surface area contributed by atoms with Crippen molar-refractivity contribution in [2.45, 2.75) is 33.2 Å². The van der Waals surface area contributed by atoms with Gasteiger partial charge in [0.05, 0.1) is 11.7 Å². The fraction of sp³-hybridized carbons (Fsp3) is 0.529. The predicted molar refractivity (Wildman–Crippen MR) is 95.1 cm³/mol. The van der Waals surface area contributed by atoms with Crippen LogP contribution in [0.15, 0.2) is 24.3 Å². The van der Waals surface area contributed by atoms with Gasteiger partial charge in [-0.05, 0) is 50.9 Å². The van der Waals surface area contributed by atoms with Gasteiger partial charge < -0.3 is 11.1 Å². The molecule has 2 unspecified atom stereocenters. The van der Waals surface area contributed by atoms with Crippen LogP contribution < -0.4 is 11.1 Å². The van der Waals surface area contributed by atoms with Crippen molar-refractivity contribution in [2.75, 3.05) is 25.0 Å². The number of carbonyl (C=O) groups excluding carboxylic acids is 2. The van der Waals surface area contributed by atoms with E-state index in [1.807, 2.05) is 13.0 Å². The van der Waals surface area contributed by atoms with Gasteiger partial charge in [-0.25, -0.2) is 0 Å². The molecule has 1 heterocycles. The molecule has 1 saturated heterocycles. The summed E-state index contributed by atoms with van der Waals surface area (Å²) in [7, 11) is 0. The van der Waals surface area contributed by atoms with Gasteiger partial charge in [-0.3, -0.25) is 14.5 Å². The van der Waals surface area contributed by atoms with Crippen LogP contribution in [0.1, 0.15) is 37.6 Å². The number of carbonyl (C=O) groups is 2. The van der Waals surface area contributed by atoms with E-state index in [0.717, 1.165) is 19.5 Å². The Balaban J connectivity index is 0.00000264. The molecule has 1 fully saturated rings. The molecule has 3 N–H and O–H groups in total. The summed E-state index contributed by atoms with van der Waals surface area (Å²) >= 11 is 0. The monoisotopic (exact) mass is 339 g/mol. The number of likely N-dealkylation sites (tertiary alicyclic amines) is 1. The van der Waals surface area contributed by atoms with Crippen LogP contribution in [0.5, 0.6) is 0 Å². The van der Waals surface area contributed by atoms with Crippen molar-refractivity contribution in [3.63, 3.8) is 0 Å². The quantitative estimate of drug-likeness (QED) is 0.807. The number of halogens is 1. The van der Waals surface area contributed by atoms with Gasteiger partial charge in [0.15, 0.2) is 5.78 Å². The molecule has 5 nitrogen and oxygen atoms in total. The first-order valence-corrected chi connectivity index (χ1v) is 7.71. The van der Waals surface area contributed by atoms with Gasteiger partial charge in [0.25, 0.3) is 0 Å². The molecule has 1 aliphatic rings. The maximum atomic E-state index is 12.5. The second-order valence-electron chi connectivity index (χ2n) is 6.50. The molecule has 2 atom stereocenters. The van der Waals surface area contributed by atoms with Gasteiger partial charge in [-0.15, -0.1) is 12.4 Å². The third kappa shape index (κ3) is 4.53. The highest BCUT2D eigenvalue weighted by atomic mass is 35.5. The maximum Gasteiger partial charge on any atom is 0.241 e. The minimum Gasteiger partial charge on any atom is -0.330 e. The zero-order chi connectivity index (χ0) is 16.3. The average molecular weight is 340 g/mol. The van der Waals surface area contributed by atoms with E-state index in [1.54, 1.807) is 18.2 Å². The summed E-state index contributed by atoms with van der Waals surface area (Å²) in [5.41, 5.74) is 7.02. The predicted octanol–water partition coefficient (Wildman–Crippen LogP) is 2.31. The maximum absolute atomic E-state index is 12.5. The minimum absolute atomic E-state index is 0. The van der Waals surface area contributed by atoms with Crippen LogP contribution in [0.3, 0.4) is 0 Å². The summed E-state index contributed by atoms with van der Waals surface area (Å²) in [6.07, 6.45) is 1.01. The number of anilines is 1. The Bertz CT molecular complexity index is 579. The molecule has 1 aromatic carbocycles. The Morgan fingerprint density at radius 2 is 2.04 bits per heavy atom. The fourth-order valence-corrected chi connectivity index (χ4v) is 2.86. The number of hydrogen-bond acceptors (Lipinski definition) is 4. The molecule has 0 aliphatic carbocycles. The summed E-state index contributed by atoms with van der Waals surface area (Å²) in [6.45, 7) is 7.88. The lowest BCUT2D eigenvalue weighted by Crippen LogP contribution is -2.42. The second kappa shape index (κ2) is 7.90. The lowest BCUT2D eigenvalue weighted by Gasteiger charge is -2.26. The molecule has 1 amide bonds. The van der Waals surface area contributed by atoms with E-state index < -0.39 is 0 Å². The molecule has 2 rings (SSSR count). The number of amides is 1. The smallest absolute Gasteiger partial charge is 0.241 e. The van der Waals surface area contributed by atoms with Crippen LogP contribution in [0, 0.1) is 5.41 Å². The molecule has 128 valence electrons.